The number of para-hydroxylation sites is 2. The molecular formula is C28H38N4O3. The molecule has 7 heteroatoms. The molecule has 0 saturated carbocycles. The van der Waals surface area contributed by atoms with Crippen LogP contribution >= 0.6 is 0 Å². The summed E-state index contributed by atoms with van der Waals surface area (Å²) in [5.74, 6) is 0.896. The fraction of sp³-hybridized carbons (Fsp3) is 0.500. The average molecular weight is 479 g/mol. The summed E-state index contributed by atoms with van der Waals surface area (Å²) in [6.45, 7) is 11.0. The zero-order valence-corrected chi connectivity index (χ0v) is 21.5. The van der Waals surface area contributed by atoms with Gasteiger partial charge in [0.15, 0.2) is 0 Å². The van der Waals surface area contributed by atoms with Crippen molar-refractivity contribution in [3.63, 3.8) is 0 Å². The maximum Gasteiger partial charge on any atom is 0.256 e. The second-order valence-electron chi connectivity index (χ2n) is 10.7. The van der Waals surface area contributed by atoms with Gasteiger partial charge >= 0.3 is 0 Å². The van der Waals surface area contributed by atoms with E-state index < -0.39 is 0 Å². The number of methoxy groups -OCH3 is 1. The molecule has 0 aliphatic carbocycles. The Balaban J connectivity index is 1.54. The number of piperazine rings is 1. The number of hydrogen-bond acceptors (Lipinski definition) is 5. The number of likely N-dealkylation sites (tertiary alicyclic amines) is 1. The van der Waals surface area contributed by atoms with Crippen LogP contribution in [0.5, 0.6) is 5.75 Å². The summed E-state index contributed by atoms with van der Waals surface area (Å²) in [6, 6.07) is 13.9. The first-order valence-corrected chi connectivity index (χ1v) is 12.6. The van der Waals surface area contributed by atoms with Gasteiger partial charge in [-0.1, -0.05) is 32.9 Å². The molecular weight excluding hydrogens is 440 g/mol. The maximum atomic E-state index is 13.5. The molecule has 35 heavy (non-hydrogen) atoms. The fourth-order valence-electron chi connectivity index (χ4n) is 4.92. The molecule has 2 aliphatic rings. The minimum atomic E-state index is -0.0979. The van der Waals surface area contributed by atoms with Crippen molar-refractivity contribution in [3.05, 3.63) is 48.0 Å². The Kier molecular flexibility index (Phi) is 7.53. The Hall–Kier alpha value is -3.22. The lowest BCUT2D eigenvalue weighted by Gasteiger charge is -2.38. The molecule has 0 atom stereocenters. The highest BCUT2D eigenvalue weighted by molar-refractivity contribution is 6.02. The summed E-state index contributed by atoms with van der Waals surface area (Å²) in [5.41, 5.74) is 3.29. The number of carbonyl (C=O) groups is 2. The largest absolute Gasteiger partial charge is 0.495 e. The number of rotatable bonds is 6. The maximum absolute atomic E-state index is 13.5. The number of ether oxygens (including phenoxy) is 1. The molecule has 0 bridgehead atoms. The van der Waals surface area contributed by atoms with Gasteiger partial charge in [-0.15, -0.1) is 0 Å². The van der Waals surface area contributed by atoms with Crippen molar-refractivity contribution >= 4 is 28.9 Å². The van der Waals surface area contributed by atoms with Gasteiger partial charge in [-0.05, 0) is 48.6 Å². The second-order valence-corrected chi connectivity index (χ2v) is 10.7. The highest BCUT2D eigenvalue weighted by Crippen LogP contribution is 2.32. The molecule has 4 rings (SSSR count). The molecule has 2 aliphatic heterocycles. The summed E-state index contributed by atoms with van der Waals surface area (Å²) in [6.07, 6.45) is 2.51. The molecule has 0 aromatic heterocycles. The monoisotopic (exact) mass is 478 g/mol. The Morgan fingerprint density at radius 2 is 1.51 bits per heavy atom. The van der Waals surface area contributed by atoms with Crippen LogP contribution in [0, 0.1) is 5.41 Å². The van der Waals surface area contributed by atoms with E-state index >= 15 is 0 Å². The molecule has 2 aromatic carbocycles. The SMILES string of the molecule is COc1ccccc1N1CCN(c2ccc(NC(=O)CC(C)(C)C)cc2C(=O)N2CCCC2)CC1. The Labute approximate surface area is 209 Å². The number of benzene rings is 2. The van der Waals surface area contributed by atoms with Gasteiger partial charge in [-0.3, -0.25) is 9.59 Å². The van der Waals surface area contributed by atoms with E-state index in [1.165, 1.54) is 0 Å². The summed E-state index contributed by atoms with van der Waals surface area (Å²) in [7, 11) is 1.70. The van der Waals surface area contributed by atoms with Crippen LogP contribution in [0.4, 0.5) is 17.1 Å². The predicted octanol–water partition coefficient (Wildman–Crippen LogP) is 4.63. The number of amides is 2. The number of carbonyl (C=O) groups excluding carboxylic acids is 2. The average Bonchev–Trinajstić information content (AvgIpc) is 3.37. The molecule has 7 nitrogen and oxygen atoms in total. The Morgan fingerprint density at radius 1 is 0.886 bits per heavy atom. The van der Waals surface area contributed by atoms with Crippen molar-refractivity contribution < 1.29 is 14.3 Å². The fourth-order valence-corrected chi connectivity index (χ4v) is 4.92. The quantitative estimate of drug-likeness (QED) is 0.656. The predicted molar refractivity (Wildman–Crippen MR) is 142 cm³/mol. The molecule has 2 heterocycles. The third-order valence-corrected chi connectivity index (χ3v) is 6.64. The first-order chi connectivity index (χ1) is 16.7. The molecule has 2 aromatic rings. The first-order valence-electron chi connectivity index (χ1n) is 12.6. The van der Waals surface area contributed by atoms with Crippen molar-refractivity contribution in [2.24, 2.45) is 5.41 Å². The summed E-state index contributed by atoms with van der Waals surface area (Å²) >= 11 is 0. The van der Waals surface area contributed by atoms with E-state index in [9.17, 15) is 9.59 Å². The van der Waals surface area contributed by atoms with E-state index in [1.54, 1.807) is 7.11 Å². The number of anilines is 3. The van der Waals surface area contributed by atoms with Crippen LogP contribution in [0.25, 0.3) is 0 Å². The van der Waals surface area contributed by atoms with Gasteiger partial charge < -0.3 is 24.8 Å². The standard InChI is InChI=1S/C28H38N4O3/c1-28(2,3)20-26(33)29-21-11-12-23(22(19-21)27(34)32-13-7-8-14-32)30-15-17-31(18-16-30)24-9-5-6-10-25(24)35-4/h5-6,9-12,19H,7-8,13-18,20H2,1-4H3,(H,29,33). The molecule has 0 radical (unpaired) electrons. The summed E-state index contributed by atoms with van der Waals surface area (Å²) in [4.78, 5) is 32.6. The normalized spacial score (nSPS) is 16.4. The van der Waals surface area contributed by atoms with Gasteiger partial charge in [0, 0.05) is 57.1 Å². The van der Waals surface area contributed by atoms with Crippen LogP contribution < -0.4 is 19.9 Å². The molecule has 2 fully saturated rings. The lowest BCUT2D eigenvalue weighted by atomic mass is 9.92. The topological polar surface area (TPSA) is 65.1 Å². The van der Waals surface area contributed by atoms with Gasteiger partial charge in [0.1, 0.15) is 5.75 Å². The van der Waals surface area contributed by atoms with Gasteiger partial charge in [-0.2, -0.15) is 0 Å². The number of nitrogens with zero attached hydrogens (tertiary/aromatic N) is 3. The van der Waals surface area contributed by atoms with Crippen molar-refractivity contribution in [1.29, 1.82) is 0 Å². The van der Waals surface area contributed by atoms with E-state index in [0.717, 1.165) is 69.2 Å². The highest BCUT2D eigenvalue weighted by Gasteiger charge is 2.27. The van der Waals surface area contributed by atoms with Crippen LogP contribution in [0.3, 0.4) is 0 Å². The van der Waals surface area contributed by atoms with Crippen LogP contribution in [-0.4, -0.2) is 63.1 Å². The Bertz CT molecular complexity index is 1050. The van der Waals surface area contributed by atoms with Crippen LogP contribution in [-0.2, 0) is 4.79 Å². The molecule has 2 amide bonds. The lowest BCUT2D eigenvalue weighted by molar-refractivity contribution is -0.117. The summed E-state index contributed by atoms with van der Waals surface area (Å²) in [5, 5.41) is 3.01. The van der Waals surface area contributed by atoms with Crippen LogP contribution in [0.1, 0.15) is 50.4 Å². The molecule has 2 saturated heterocycles. The van der Waals surface area contributed by atoms with Crippen LogP contribution in [0.15, 0.2) is 42.5 Å². The van der Waals surface area contributed by atoms with Crippen molar-refractivity contribution in [2.75, 3.05) is 61.5 Å². The van der Waals surface area contributed by atoms with Gasteiger partial charge in [0.25, 0.3) is 5.91 Å². The van der Waals surface area contributed by atoms with Gasteiger partial charge in [0.2, 0.25) is 5.91 Å². The minimum absolute atomic E-state index is 0.0322. The number of nitrogens with one attached hydrogen (secondary N) is 1. The van der Waals surface area contributed by atoms with E-state index in [-0.39, 0.29) is 17.2 Å². The summed E-state index contributed by atoms with van der Waals surface area (Å²) < 4.78 is 5.55. The zero-order chi connectivity index (χ0) is 25.0. The highest BCUT2D eigenvalue weighted by atomic mass is 16.5. The molecule has 188 valence electrons. The Morgan fingerprint density at radius 3 is 2.14 bits per heavy atom. The molecule has 0 unspecified atom stereocenters. The van der Waals surface area contributed by atoms with E-state index in [2.05, 4.69) is 21.2 Å². The van der Waals surface area contributed by atoms with Crippen LogP contribution in [0.2, 0.25) is 0 Å². The zero-order valence-electron chi connectivity index (χ0n) is 21.5. The lowest BCUT2D eigenvalue weighted by Crippen LogP contribution is -2.47. The van der Waals surface area contributed by atoms with Crippen molar-refractivity contribution in [1.82, 2.24) is 4.90 Å². The third-order valence-electron chi connectivity index (χ3n) is 6.64. The van der Waals surface area contributed by atoms with E-state index in [0.29, 0.717) is 17.7 Å². The minimum Gasteiger partial charge on any atom is -0.495 e. The number of hydrogen-bond donors (Lipinski definition) is 1. The van der Waals surface area contributed by atoms with E-state index in [1.807, 2.05) is 62.1 Å². The molecule has 0 spiro atoms. The van der Waals surface area contributed by atoms with Gasteiger partial charge in [-0.25, -0.2) is 0 Å². The molecule has 1 N–H and O–H groups in total. The smallest absolute Gasteiger partial charge is 0.256 e. The first kappa shape index (κ1) is 24.9. The van der Waals surface area contributed by atoms with Gasteiger partial charge in [0.05, 0.1) is 18.4 Å². The van der Waals surface area contributed by atoms with Crippen molar-refractivity contribution in [3.8, 4) is 5.75 Å². The third kappa shape index (κ3) is 6.08. The van der Waals surface area contributed by atoms with Crippen molar-refractivity contribution in [2.45, 2.75) is 40.0 Å². The van der Waals surface area contributed by atoms with E-state index in [4.69, 9.17) is 4.74 Å². The second kappa shape index (κ2) is 10.6.